The Morgan fingerprint density at radius 3 is 2.78 bits per heavy atom. The van der Waals surface area contributed by atoms with E-state index in [0.29, 0.717) is 26.2 Å². The topological polar surface area (TPSA) is 70.4 Å². The van der Waals surface area contributed by atoms with Gasteiger partial charge in [-0.3, -0.25) is 9.36 Å². The first-order valence-corrected chi connectivity index (χ1v) is 8.92. The summed E-state index contributed by atoms with van der Waals surface area (Å²) in [6.07, 6.45) is 1.33. The highest BCUT2D eigenvalue weighted by Crippen LogP contribution is 2.28. The van der Waals surface area contributed by atoms with Crippen molar-refractivity contribution in [1.82, 2.24) is 9.55 Å². The summed E-state index contributed by atoms with van der Waals surface area (Å²) in [6, 6.07) is 6.24. The minimum Gasteiger partial charge on any atom is -0.462 e. The summed E-state index contributed by atoms with van der Waals surface area (Å²) < 4.78 is 36.0. The van der Waals surface area contributed by atoms with Crippen molar-refractivity contribution in [3.63, 3.8) is 0 Å². The zero-order chi connectivity index (χ0) is 19.6. The van der Waals surface area contributed by atoms with E-state index in [-0.39, 0.29) is 24.5 Å². The maximum Gasteiger partial charge on any atom is 0.387 e. The SMILES string of the molecule is CCOC(=O)c1sc2ncn(Cc3ccccc3OC(F)F)c(=O)c2c1C. The van der Waals surface area contributed by atoms with E-state index in [1.54, 1.807) is 32.0 Å². The summed E-state index contributed by atoms with van der Waals surface area (Å²) in [5.74, 6) is -0.506. The number of hydrogen-bond donors (Lipinski definition) is 0. The van der Waals surface area contributed by atoms with Crippen molar-refractivity contribution >= 4 is 27.5 Å². The number of aryl methyl sites for hydroxylation is 1. The molecule has 9 heteroatoms. The monoisotopic (exact) mass is 394 g/mol. The number of alkyl halides is 2. The van der Waals surface area contributed by atoms with Crippen molar-refractivity contribution in [3.05, 3.63) is 57.0 Å². The van der Waals surface area contributed by atoms with Gasteiger partial charge in [0.25, 0.3) is 5.56 Å². The number of halogens is 2. The van der Waals surface area contributed by atoms with Gasteiger partial charge < -0.3 is 9.47 Å². The fourth-order valence-corrected chi connectivity index (χ4v) is 3.73. The molecule has 0 fully saturated rings. The van der Waals surface area contributed by atoms with Crippen LogP contribution in [0.2, 0.25) is 0 Å². The maximum atomic E-state index is 12.9. The predicted molar refractivity (Wildman–Crippen MR) is 96.7 cm³/mol. The molecule has 0 N–H and O–H groups in total. The average molecular weight is 394 g/mol. The largest absolute Gasteiger partial charge is 0.462 e. The molecule has 3 aromatic rings. The molecule has 0 atom stereocenters. The number of esters is 1. The van der Waals surface area contributed by atoms with Crippen molar-refractivity contribution in [2.45, 2.75) is 27.0 Å². The van der Waals surface area contributed by atoms with Crippen LogP contribution in [0.1, 0.15) is 27.7 Å². The Balaban J connectivity index is 2.03. The first kappa shape index (κ1) is 19.0. The van der Waals surface area contributed by atoms with Crippen LogP contribution in [0.4, 0.5) is 8.78 Å². The van der Waals surface area contributed by atoms with Gasteiger partial charge in [-0.1, -0.05) is 18.2 Å². The van der Waals surface area contributed by atoms with E-state index >= 15 is 0 Å². The van der Waals surface area contributed by atoms with E-state index in [1.165, 1.54) is 17.0 Å². The van der Waals surface area contributed by atoms with Crippen LogP contribution in [0, 0.1) is 6.92 Å². The van der Waals surface area contributed by atoms with Crippen LogP contribution in [0.5, 0.6) is 5.75 Å². The highest BCUT2D eigenvalue weighted by Gasteiger charge is 2.20. The van der Waals surface area contributed by atoms with E-state index in [0.717, 1.165) is 11.3 Å². The molecule has 0 radical (unpaired) electrons. The molecule has 0 saturated carbocycles. The molecule has 0 aliphatic rings. The third kappa shape index (κ3) is 3.82. The molecule has 1 aromatic carbocycles. The van der Waals surface area contributed by atoms with Gasteiger partial charge in [0.05, 0.1) is 24.9 Å². The van der Waals surface area contributed by atoms with Gasteiger partial charge in [0, 0.05) is 5.56 Å². The Hall–Kier alpha value is -2.81. The number of hydrogen-bond acceptors (Lipinski definition) is 6. The number of ether oxygens (including phenoxy) is 2. The number of nitrogens with zero attached hydrogens (tertiary/aromatic N) is 2. The second-order valence-electron chi connectivity index (χ2n) is 5.62. The van der Waals surface area contributed by atoms with E-state index in [2.05, 4.69) is 9.72 Å². The van der Waals surface area contributed by atoms with E-state index in [4.69, 9.17) is 4.74 Å². The second-order valence-corrected chi connectivity index (χ2v) is 6.62. The van der Waals surface area contributed by atoms with Crippen LogP contribution < -0.4 is 10.3 Å². The van der Waals surface area contributed by atoms with Gasteiger partial charge in [-0.2, -0.15) is 8.78 Å². The van der Waals surface area contributed by atoms with Crippen LogP contribution >= 0.6 is 11.3 Å². The lowest BCUT2D eigenvalue weighted by molar-refractivity contribution is -0.0505. The minimum atomic E-state index is -2.96. The molecular weight excluding hydrogens is 378 g/mol. The fourth-order valence-electron chi connectivity index (χ4n) is 2.69. The number of para-hydroxylation sites is 1. The summed E-state index contributed by atoms with van der Waals surface area (Å²) >= 11 is 1.09. The molecule has 6 nitrogen and oxygen atoms in total. The molecule has 27 heavy (non-hydrogen) atoms. The molecule has 0 spiro atoms. The van der Waals surface area contributed by atoms with Crippen LogP contribution in [-0.2, 0) is 11.3 Å². The third-order valence-corrected chi connectivity index (χ3v) is 5.09. The Kier molecular flexibility index (Phi) is 5.50. The second kappa shape index (κ2) is 7.83. The normalized spacial score (nSPS) is 11.1. The lowest BCUT2D eigenvalue weighted by atomic mass is 10.2. The molecule has 0 amide bonds. The summed E-state index contributed by atoms with van der Waals surface area (Å²) in [5.41, 5.74) is 0.549. The summed E-state index contributed by atoms with van der Waals surface area (Å²) in [6.45, 7) is 0.631. The van der Waals surface area contributed by atoms with Crippen LogP contribution in [0.3, 0.4) is 0 Å². The summed E-state index contributed by atoms with van der Waals surface area (Å²) in [5, 5.41) is 0.317. The zero-order valence-corrected chi connectivity index (χ0v) is 15.4. The standard InChI is InChI=1S/C18H16F2N2O4S/c1-3-25-17(24)14-10(2)13-15(27-14)21-9-22(16(13)23)8-11-6-4-5-7-12(11)26-18(19)20/h4-7,9,18H,3,8H2,1-2H3. The van der Waals surface area contributed by atoms with Crippen molar-refractivity contribution < 1.29 is 23.0 Å². The van der Waals surface area contributed by atoms with E-state index < -0.39 is 12.6 Å². The van der Waals surface area contributed by atoms with Gasteiger partial charge in [0.1, 0.15) is 15.5 Å². The van der Waals surface area contributed by atoms with Gasteiger partial charge in [0.2, 0.25) is 0 Å². The maximum absolute atomic E-state index is 12.9. The van der Waals surface area contributed by atoms with Gasteiger partial charge in [0.15, 0.2) is 0 Å². The Bertz CT molecular complexity index is 1050. The van der Waals surface area contributed by atoms with E-state index in [9.17, 15) is 18.4 Å². The Labute approximate surface area is 157 Å². The number of fused-ring (bicyclic) bond motifs is 1. The summed E-state index contributed by atoms with van der Waals surface area (Å²) in [4.78, 5) is 29.9. The number of carbonyl (C=O) groups is 1. The van der Waals surface area contributed by atoms with Gasteiger partial charge in [-0.05, 0) is 25.5 Å². The molecule has 0 aliphatic heterocycles. The first-order chi connectivity index (χ1) is 12.9. The zero-order valence-electron chi connectivity index (χ0n) is 14.6. The molecule has 0 saturated heterocycles. The highest BCUT2D eigenvalue weighted by atomic mass is 32.1. The Morgan fingerprint density at radius 1 is 1.33 bits per heavy atom. The van der Waals surface area contributed by atoms with Crippen LogP contribution in [0.15, 0.2) is 35.4 Å². The number of rotatable bonds is 6. The molecule has 142 valence electrons. The number of carbonyl (C=O) groups excluding carboxylic acids is 1. The molecule has 0 unspecified atom stereocenters. The molecule has 0 bridgehead atoms. The van der Waals surface area contributed by atoms with Crippen LogP contribution in [0.25, 0.3) is 10.2 Å². The van der Waals surface area contributed by atoms with Crippen molar-refractivity contribution in [2.75, 3.05) is 6.61 Å². The van der Waals surface area contributed by atoms with Crippen molar-refractivity contribution in [1.29, 1.82) is 0 Å². The average Bonchev–Trinajstić information content (AvgIpc) is 2.96. The molecule has 3 rings (SSSR count). The Morgan fingerprint density at radius 2 is 2.07 bits per heavy atom. The minimum absolute atomic E-state index is 0.00579. The quantitative estimate of drug-likeness (QED) is 0.598. The van der Waals surface area contributed by atoms with Crippen molar-refractivity contribution in [2.24, 2.45) is 0 Å². The highest BCUT2D eigenvalue weighted by molar-refractivity contribution is 7.20. The third-order valence-electron chi connectivity index (χ3n) is 3.91. The van der Waals surface area contributed by atoms with Gasteiger partial charge >= 0.3 is 12.6 Å². The van der Waals surface area contributed by atoms with Gasteiger partial charge in [-0.15, -0.1) is 11.3 Å². The number of thiophene rings is 1. The molecule has 2 aromatic heterocycles. The molecule has 2 heterocycles. The van der Waals surface area contributed by atoms with E-state index in [1.807, 2.05) is 0 Å². The summed E-state index contributed by atoms with van der Waals surface area (Å²) in [7, 11) is 0. The lowest BCUT2D eigenvalue weighted by Crippen LogP contribution is -2.21. The smallest absolute Gasteiger partial charge is 0.387 e. The lowest BCUT2D eigenvalue weighted by Gasteiger charge is -2.11. The van der Waals surface area contributed by atoms with Crippen LogP contribution in [-0.4, -0.2) is 28.7 Å². The first-order valence-electron chi connectivity index (χ1n) is 8.10. The van der Waals surface area contributed by atoms with Gasteiger partial charge in [-0.25, -0.2) is 9.78 Å². The predicted octanol–water partition coefficient (Wildman–Crippen LogP) is 3.59. The molecule has 0 aliphatic carbocycles. The van der Waals surface area contributed by atoms with Crippen molar-refractivity contribution in [3.8, 4) is 5.75 Å². The fraction of sp³-hybridized carbons (Fsp3) is 0.278. The molecular formula is C18H16F2N2O4S. The number of benzene rings is 1. The number of aromatic nitrogens is 2.